The molecule has 2 N–H and O–H groups in total. The molecular weight excluding hydrogens is 285 g/mol. The number of aromatic nitrogens is 2. The first-order chi connectivity index (χ1) is 7.72. The molecule has 1 aromatic heterocycles. The van der Waals surface area contributed by atoms with Crippen LogP contribution in [0.15, 0.2) is 12.4 Å². The van der Waals surface area contributed by atoms with Crippen LogP contribution in [0.1, 0.15) is 25.2 Å². The summed E-state index contributed by atoms with van der Waals surface area (Å²) in [6, 6.07) is 0.308. The molecule has 1 fully saturated rings. The maximum atomic E-state index is 12.6. The van der Waals surface area contributed by atoms with Crippen LogP contribution in [-0.4, -0.2) is 33.6 Å². The number of likely N-dealkylation sites (tertiary alicyclic amines) is 1. The molecule has 0 saturated carbocycles. The van der Waals surface area contributed by atoms with E-state index in [0.717, 1.165) is 24.0 Å². The molecule has 0 radical (unpaired) electrons. The molecule has 1 atom stereocenters. The van der Waals surface area contributed by atoms with Gasteiger partial charge in [0.1, 0.15) is 5.82 Å². The van der Waals surface area contributed by atoms with E-state index in [-0.39, 0.29) is 24.8 Å². The molecule has 1 aromatic rings. The zero-order valence-corrected chi connectivity index (χ0v) is 11.5. The van der Waals surface area contributed by atoms with Gasteiger partial charge < -0.3 is 5.73 Å². The Bertz CT molecular complexity index is 348. The number of nitrogens with two attached hydrogens (primary N) is 1. The molecule has 1 aliphatic heterocycles. The van der Waals surface area contributed by atoms with Crippen molar-refractivity contribution < 1.29 is 8.78 Å². The average molecular weight is 303 g/mol. The minimum atomic E-state index is -2.52. The smallest absolute Gasteiger partial charge is 0.319 e. The van der Waals surface area contributed by atoms with E-state index in [2.05, 4.69) is 9.88 Å². The number of halogens is 4. The van der Waals surface area contributed by atoms with Crippen LogP contribution in [0, 0.1) is 0 Å². The van der Waals surface area contributed by atoms with Gasteiger partial charge >= 0.3 is 6.55 Å². The van der Waals surface area contributed by atoms with Crippen LogP contribution in [0.2, 0.25) is 0 Å². The number of nitrogens with zero attached hydrogens (tertiary/aromatic N) is 3. The Balaban J connectivity index is 0.00000144. The van der Waals surface area contributed by atoms with Crippen molar-refractivity contribution in [2.45, 2.75) is 32.0 Å². The predicted octanol–water partition coefficient (Wildman–Crippen LogP) is 2.04. The summed E-state index contributed by atoms with van der Waals surface area (Å²) in [6.07, 6.45) is 4.85. The standard InChI is InChI=1S/C10H16F2N4.2ClH/c11-10(12)16-5-3-14-9(16)7-15-4-1-2-8(15)6-13;;/h3,5,8,10H,1-2,4,6-7,13H2;2*1H. The van der Waals surface area contributed by atoms with Crippen molar-refractivity contribution >= 4 is 24.8 Å². The van der Waals surface area contributed by atoms with Crippen LogP contribution in [0.3, 0.4) is 0 Å². The number of hydrogen-bond acceptors (Lipinski definition) is 3. The van der Waals surface area contributed by atoms with E-state index >= 15 is 0 Å². The lowest BCUT2D eigenvalue weighted by Gasteiger charge is -2.22. The van der Waals surface area contributed by atoms with Gasteiger partial charge in [-0.3, -0.25) is 9.47 Å². The lowest BCUT2D eigenvalue weighted by molar-refractivity contribution is 0.0635. The molecule has 1 aliphatic rings. The molecule has 2 rings (SSSR count). The summed E-state index contributed by atoms with van der Waals surface area (Å²) in [4.78, 5) is 6.10. The SMILES string of the molecule is Cl.Cl.NCC1CCCN1Cc1nccn1C(F)F. The van der Waals surface area contributed by atoms with E-state index in [1.165, 1.54) is 12.4 Å². The lowest BCUT2D eigenvalue weighted by atomic mass is 10.2. The van der Waals surface area contributed by atoms with Gasteiger partial charge in [0.2, 0.25) is 0 Å². The van der Waals surface area contributed by atoms with Gasteiger partial charge in [0.15, 0.2) is 0 Å². The van der Waals surface area contributed by atoms with Gasteiger partial charge in [-0.15, -0.1) is 24.8 Å². The number of hydrogen-bond donors (Lipinski definition) is 1. The Labute approximate surface area is 117 Å². The van der Waals surface area contributed by atoms with Gasteiger partial charge in [-0.25, -0.2) is 4.98 Å². The van der Waals surface area contributed by atoms with E-state index in [1.807, 2.05) is 0 Å². The van der Waals surface area contributed by atoms with E-state index in [0.29, 0.717) is 25.0 Å². The monoisotopic (exact) mass is 302 g/mol. The summed E-state index contributed by atoms with van der Waals surface area (Å²) >= 11 is 0. The topological polar surface area (TPSA) is 47.1 Å². The first kappa shape index (κ1) is 17.6. The predicted molar refractivity (Wildman–Crippen MR) is 70.5 cm³/mol. The Hall–Kier alpha value is -0.430. The quantitative estimate of drug-likeness (QED) is 0.926. The van der Waals surface area contributed by atoms with Crippen molar-refractivity contribution in [1.29, 1.82) is 0 Å². The highest BCUT2D eigenvalue weighted by atomic mass is 35.5. The summed E-state index contributed by atoms with van der Waals surface area (Å²) in [6.45, 7) is -0.566. The highest BCUT2D eigenvalue weighted by Crippen LogP contribution is 2.20. The molecular formula is C10H18Cl2F2N4. The van der Waals surface area contributed by atoms with Crippen molar-refractivity contribution in [2.24, 2.45) is 5.73 Å². The average Bonchev–Trinajstić information content (AvgIpc) is 2.86. The minimum absolute atomic E-state index is 0. The zero-order valence-electron chi connectivity index (χ0n) is 9.84. The van der Waals surface area contributed by atoms with Gasteiger partial charge in [-0.2, -0.15) is 8.78 Å². The first-order valence-electron chi connectivity index (χ1n) is 5.46. The molecule has 2 heterocycles. The molecule has 0 aromatic carbocycles. The van der Waals surface area contributed by atoms with Crippen molar-refractivity contribution in [1.82, 2.24) is 14.5 Å². The highest BCUT2D eigenvalue weighted by Gasteiger charge is 2.25. The van der Waals surface area contributed by atoms with Crippen LogP contribution in [0.25, 0.3) is 0 Å². The van der Waals surface area contributed by atoms with Crippen LogP contribution in [-0.2, 0) is 6.54 Å². The molecule has 0 spiro atoms. The van der Waals surface area contributed by atoms with Gasteiger partial charge in [0.25, 0.3) is 0 Å². The fourth-order valence-corrected chi connectivity index (χ4v) is 2.20. The van der Waals surface area contributed by atoms with Crippen LogP contribution in [0.5, 0.6) is 0 Å². The van der Waals surface area contributed by atoms with Gasteiger partial charge in [0.05, 0.1) is 6.54 Å². The molecule has 0 aliphatic carbocycles. The van der Waals surface area contributed by atoms with E-state index in [4.69, 9.17) is 5.73 Å². The fourth-order valence-electron chi connectivity index (χ4n) is 2.20. The molecule has 8 heteroatoms. The van der Waals surface area contributed by atoms with Crippen LogP contribution >= 0.6 is 24.8 Å². The normalized spacial score (nSPS) is 19.7. The maximum absolute atomic E-state index is 12.6. The fraction of sp³-hybridized carbons (Fsp3) is 0.700. The van der Waals surface area contributed by atoms with Gasteiger partial charge in [0, 0.05) is 25.0 Å². The summed E-state index contributed by atoms with van der Waals surface area (Å²) in [5.74, 6) is 0.412. The highest BCUT2D eigenvalue weighted by molar-refractivity contribution is 5.85. The van der Waals surface area contributed by atoms with Crippen LogP contribution in [0.4, 0.5) is 8.78 Å². The second kappa shape index (κ2) is 7.89. The minimum Gasteiger partial charge on any atom is -0.329 e. The van der Waals surface area contributed by atoms with Gasteiger partial charge in [-0.1, -0.05) is 0 Å². The zero-order chi connectivity index (χ0) is 11.5. The summed E-state index contributed by atoms with van der Waals surface area (Å²) in [5.41, 5.74) is 5.63. The summed E-state index contributed by atoms with van der Waals surface area (Å²) in [5, 5.41) is 0. The first-order valence-corrected chi connectivity index (χ1v) is 5.46. The molecule has 1 saturated heterocycles. The third-order valence-electron chi connectivity index (χ3n) is 3.07. The van der Waals surface area contributed by atoms with E-state index < -0.39 is 6.55 Å². The Morgan fingerprint density at radius 2 is 2.17 bits per heavy atom. The molecule has 0 bridgehead atoms. The van der Waals surface area contributed by atoms with Gasteiger partial charge in [-0.05, 0) is 19.4 Å². The molecule has 18 heavy (non-hydrogen) atoms. The number of rotatable bonds is 4. The third kappa shape index (κ3) is 3.78. The molecule has 0 amide bonds. The van der Waals surface area contributed by atoms with E-state index in [1.54, 1.807) is 0 Å². The lowest BCUT2D eigenvalue weighted by Crippen LogP contribution is -2.35. The summed E-state index contributed by atoms with van der Waals surface area (Å²) in [7, 11) is 0. The Kier molecular flexibility index (Phi) is 7.70. The van der Waals surface area contributed by atoms with Crippen LogP contribution < -0.4 is 5.73 Å². The molecule has 106 valence electrons. The van der Waals surface area contributed by atoms with E-state index in [9.17, 15) is 8.78 Å². The molecule has 1 unspecified atom stereocenters. The van der Waals surface area contributed by atoms with Crippen molar-refractivity contribution in [2.75, 3.05) is 13.1 Å². The second-order valence-corrected chi connectivity index (χ2v) is 4.03. The summed E-state index contributed by atoms with van der Waals surface area (Å²) < 4.78 is 26.1. The number of alkyl halides is 2. The largest absolute Gasteiger partial charge is 0.329 e. The Morgan fingerprint density at radius 3 is 2.78 bits per heavy atom. The maximum Gasteiger partial charge on any atom is 0.319 e. The molecule has 4 nitrogen and oxygen atoms in total. The second-order valence-electron chi connectivity index (χ2n) is 4.03. The Morgan fingerprint density at radius 1 is 1.44 bits per heavy atom. The van der Waals surface area contributed by atoms with Crippen molar-refractivity contribution in [3.05, 3.63) is 18.2 Å². The van der Waals surface area contributed by atoms with Crippen molar-refractivity contribution in [3.63, 3.8) is 0 Å². The number of imidazole rings is 1. The third-order valence-corrected chi connectivity index (χ3v) is 3.07. The van der Waals surface area contributed by atoms with Crippen molar-refractivity contribution in [3.8, 4) is 0 Å².